The second-order valence-corrected chi connectivity index (χ2v) is 7.17. The summed E-state index contributed by atoms with van der Waals surface area (Å²) in [6.07, 6.45) is 1.73. The molecule has 4 rings (SSSR count). The zero-order valence-corrected chi connectivity index (χ0v) is 17.1. The van der Waals surface area contributed by atoms with Gasteiger partial charge in [-0.15, -0.1) is 0 Å². The van der Waals surface area contributed by atoms with Gasteiger partial charge in [-0.05, 0) is 42.5 Å². The standard InChI is InChI=1S/C22H21N3O4S/c1-28-21(27)15-7-3-2-6-14(15)17-9-10-18(29-17)20-19(16-8-4-5-11-23-16)24-22(30)25(20)12-13-26/h2-11,19-20,26H,12-13H2,1H3,(H,24,30)/t19-,20+/m0/s1. The lowest BCUT2D eigenvalue weighted by Gasteiger charge is -2.25. The van der Waals surface area contributed by atoms with Crippen LogP contribution < -0.4 is 5.32 Å². The highest BCUT2D eigenvalue weighted by Crippen LogP contribution is 2.40. The van der Waals surface area contributed by atoms with Crippen LogP contribution in [0.5, 0.6) is 0 Å². The fraction of sp³-hybridized carbons (Fsp3) is 0.227. The number of furan rings is 1. The van der Waals surface area contributed by atoms with Crippen LogP contribution in [0.1, 0.15) is 33.9 Å². The number of esters is 1. The first-order chi connectivity index (χ1) is 14.6. The molecule has 7 nitrogen and oxygen atoms in total. The molecule has 8 heteroatoms. The lowest BCUT2D eigenvalue weighted by atomic mass is 10.0. The number of aliphatic hydroxyl groups excluding tert-OH is 1. The molecule has 2 N–H and O–H groups in total. The Hall–Kier alpha value is -3.23. The second kappa shape index (κ2) is 8.64. The molecule has 1 aliphatic heterocycles. The van der Waals surface area contributed by atoms with Crippen molar-refractivity contribution >= 4 is 23.3 Å². The van der Waals surface area contributed by atoms with Crippen LogP contribution in [0.3, 0.4) is 0 Å². The summed E-state index contributed by atoms with van der Waals surface area (Å²) in [6, 6.07) is 16.0. The van der Waals surface area contributed by atoms with E-state index in [9.17, 15) is 9.90 Å². The average molecular weight is 423 g/mol. The molecule has 3 aromatic rings. The van der Waals surface area contributed by atoms with E-state index in [0.29, 0.717) is 34.3 Å². The van der Waals surface area contributed by atoms with Crippen molar-refractivity contribution < 1.29 is 19.1 Å². The Labute approximate surface area is 179 Å². The molecule has 0 spiro atoms. The van der Waals surface area contributed by atoms with Crippen LogP contribution in [0, 0.1) is 0 Å². The van der Waals surface area contributed by atoms with Crippen molar-refractivity contribution in [3.8, 4) is 11.3 Å². The van der Waals surface area contributed by atoms with E-state index in [1.54, 1.807) is 18.3 Å². The number of methoxy groups -OCH3 is 1. The van der Waals surface area contributed by atoms with E-state index in [4.69, 9.17) is 21.4 Å². The Kier molecular flexibility index (Phi) is 5.78. The first kappa shape index (κ1) is 20.1. The number of carbonyl (C=O) groups excluding carboxylic acids is 1. The van der Waals surface area contributed by atoms with Gasteiger partial charge in [0.05, 0.1) is 31.0 Å². The molecular formula is C22H21N3O4S. The van der Waals surface area contributed by atoms with Crippen molar-refractivity contribution in [3.63, 3.8) is 0 Å². The molecule has 0 unspecified atom stereocenters. The SMILES string of the molecule is COC(=O)c1ccccc1-c1ccc([C@@H]2[C@H](c3ccccn3)NC(=S)N2CCO)o1. The molecule has 0 radical (unpaired) electrons. The Morgan fingerprint density at radius 2 is 2.03 bits per heavy atom. The molecule has 1 aromatic carbocycles. The zero-order chi connectivity index (χ0) is 21.1. The molecule has 2 atom stereocenters. The number of benzene rings is 1. The van der Waals surface area contributed by atoms with Crippen LogP contribution in [-0.4, -0.2) is 46.3 Å². The van der Waals surface area contributed by atoms with Crippen molar-refractivity contribution in [3.05, 3.63) is 77.8 Å². The molecule has 0 bridgehead atoms. The van der Waals surface area contributed by atoms with Gasteiger partial charge in [0.15, 0.2) is 5.11 Å². The molecule has 3 heterocycles. The lowest BCUT2D eigenvalue weighted by molar-refractivity contribution is 0.0601. The molecule has 1 fully saturated rings. The minimum absolute atomic E-state index is 0.0496. The topological polar surface area (TPSA) is 87.8 Å². The fourth-order valence-electron chi connectivity index (χ4n) is 3.71. The third kappa shape index (κ3) is 3.67. The molecule has 2 aromatic heterocycles. The van der Waals surface area contributed by atoms with Gasteiger partial charge in [-0.3, -0.25) is 4.98 Å². The van der Waals surface area contributed by atoms with Crippen LogP contribution in [0.25, 0.3) is 11.3 Å². The van der Waals surface area contributed by atoms with E-state index in [1.807, 2.05) is 47.4 Å². The van der Waals surface area contributed by atoms with E-state index < -0.39 is 5.97 Å². The molecular weight excluding hydrogens is 402 g/mol. The monoisotopic (exact) mass is 423 g/mol. The minimum atomic E-state index is -0.430. The Morgan fingerprint density at radius 3 is 2.77 bits per heavy atom. The number of hydrogen-bond acceptors (Lipinski definition) is 6. The highest BCUT2D eigenvalue weighted by Gasteiger charge is 2.41. The summed E-state index contributed by atoms with van der Waals surface area (Å²) < 4.78 is 11.1. The molecule has 0 saturated carbocycles. The smallest absolute Gasteiger partial charge is 0.338 e. The number of ether oxygens (including phenoxy) is 1. The maximum atomic E-state index is 12.2. The van der Waals surface area contributed by atoms with Gasteiger partial charge in [0, 0.05) is 18.3 Å². The number of hydrogen-bond donors (Lipinski definition) is 2. The van der Waals surface area contributed by atoms with Crippen LogP contribution in [0.2, 0.25) is 0 Å². The number of rotatable bonds is 6. The Balaban J connectivity index is 1.74. The largest absolute Gasteiger partial charge is 0.465 e. The first-order valence-corrected chi connectivity index (χ1v) is 9.91. The van der Waals surface area contributed by atoms with Gasteiger partial charge in [-0.2, -0.15) is 0 Å². The number of pyridine rings is 1. The van der Waals surface area contributed by atoms with Gasteiger partial charge in [0.2, 0.25) is 0 Å². The predicted molar refractivity (Wildman–Crippen MR) is 115 cm³/mol. The summed E-state index contributed by atoms with van der Waals surface area (Å²) in [4.78, 5) is 18.5. The summed E-state index contributed by atoms with van der Waals surface area (Å²) in [6.45, 7) is 0.306. The fourth-order valence-corrected chi connectivity index (χ4v) is 4.04. The van der Waals surface area contributed by atoms with Crippen molar-refractivity contribution in [1.82, 2.24) is 15.2 Å². The summed E-state index contributed by atoms with van der Waals surface area (Å²) in [7, 11) is 1.35. The normalized spacial score (nSPS) is 18.3. The third-order valence-electron chi connectivity index (χ3n) is 5.05. The second-order valence-electron chi connectivity index (χ2n) is 6.78. The van der Waals surface area contributed by atoms with Crippen molar-refractivity contribution in [2.45, 2.75) is 12.1 Å². The average Bonchev–Trinajstić information content (AvgIpc) is 3.39. The number of nitrogens with one attached hydrogen (secondary N) is 1. The number of aromatic nitrogens is 1. The lowest BCUT2D eigenvalue weighted by Crippen LogP contribution is -2.32. The molecule has 30 heavy (non-hydrogen) atoms. The van der Waals surface area contributed by atoms with E-state index in [-0.39, 0.29) is 18.7 Å². The van der Waals surface area contributed by atoms with Crippen LogP contribution >= 0.6 is 12.2 Å². The number of thiocarbonyl (C=S) groups is 1. The summed E-state index contributed by atoms with van der Waals surface area (Å²) in [5.74, 6) is 0.772. The Bertz CT molecular complexity index is 1050. The van der Waals surface area contributed by atoms with E-state index in [2.05, 4.69) is 10.3 Å². The van der Waals surface area contributed by atoms with E-state index >= 15 is 0 Å². The van der Waals surface area contributed by atoms with Gasteiger partial charge < -0.3 is 24.5 Å². The number of nitrogens with zero attached hydrogens (tertiary/aromatic N) is 2. The molecule has 1 saturated heterocycles. The summed E-state index contributed by atoms with van der Waals surface area (Å²) in [5.41, 5.74) is 1.89. The quantitative estimate of drug-likeness (QED) is 0.462. The highest BCUT2D eigenvalue weighted by molar-refractivity contribution is 7.80. The minimum Gasteiger partial charge on any atom is -0.465 e. The van der Waals surface area contributed by atoms with Gasteiger partial charge in [0.25, 0.3) is 0 Å². The van der Waals surface area contributed by atoms with Gasteiger partial charge >= 0.3 is 5.97 Å². The number of β-amino-alcohol motifs (C(OH)–C–C–N with tert-alkyl or cyclic N) is 1. The van der Waals surface area contributed by atoms with Crippen molar-refractivity contribution in [2.24, 2.45) is 0 Å². The molecule has 154 valence electrons. The summed E-state index contributed by atoms with van der Waals surface area (Å²) in [5, 5.41) is 13.4. The van der Waals surface area contributed by atoms with Crippen LogP contribution in [0.4, 0.5) is 0 Å². The molecule has 1 aliphatic rings. The maximum Gasteiger partial charge on any atom is 0.338 e. The van der Waals surface area contributed by atoms with Crippen LogP contribution in [0.15, 0.2) is 65.2 Å². The summed E-state index contributed by atoms with van der Waals surface area (Å²) >= 11 is 5.50. The van der Waals surface area contributed by atoms with E-state index in [0.717, 1.165) is 5.69 Å². The highest BCUT2D eigenvalue weighted by atomic mass is 32.1. The number of carbonyl (C=O) groups is 1. The van der Waals surface area contributed by atoms with Crippen LogP contribution in [-0.2, 0) is 4.74 Å². The van der Waals surface area contributed by atoms with Crippen molar-refractivity contribution in [2.75, 3.05) is 20.3 Å². The first-order valence-electron chi connectivity index (χ1n) is 9.50. The van der Waals surface area contributed by atoms with E-state index in [1.165, 1.54) is 7.11 Å². The third-order valence-corrected chi connectivity index (χ3v) is 5.41. The van der Waals surface area contributed by atoms with Gasteiger partial charge in [0.1, 0.15) is 17.6 Å². The molecule has 0 amide bonds. The molecule has 0 aliphatic carbocycles. The Morgan fingerprint density at radius 1 is 1.23 bits per heavy atom. The zero-order valence-electron chi connectivity index (χ0n) is 16.3. The van der Waals surface area contributed by atoms with Gasteiger partial charge in [-0.25, -0.2) is 4.79 Å². The number of aliphatic hydroxyl groups is 1. The van der Waals surface area contributed by atoms with Crippen molar-refractivity contribution in [1.29, 1.82) is 0 Å². The maximum absolute atomic E-state index is 12.2. The van der Waals surface area contributed by atoms with Gasteiger partial charge in [-0.1, -0.05) is 24.3 Å². The predicted octanol–water partition coefficient (Wildman–Crippen LogP) is 3.09.